The van der Waals surface area contributed by atoms with Crippen molar-refractivity contribution in [2.45, 2.75) is 39.2 Å². The lowest BCUT2D eigenvalue weighted by Crippen LogP contribution is -2.28. The molecule has 106 valence electrons. The van der Waals surface area contributed by atoms with Gasteiger partial charge in [0.2, 0.25) is 0 Å². The van der Waals surface area contributed by atoms with Crippen molar-refractivity contribution >= 4 is 0 Å². The normalized spacial score (nSPS) is 12.3. The Morgan fingerprint density at radius 3 is 2.30 bits per heavy atom. The highest BCUT2D eigenvalue weighted by Crippen LogP contribution is 2.10. The molecule has 1 heterocycles. The fraction of sp³-hybridized carbons (Fsp3) is 0.389. The number of hydrogen-bond acceptors (Lipinski definition) is 2. The molecular weight excluding hydrogens is 244 g/mol. The Kier molecular flexibility index (Phi) is 5.31. The van der Waals surface area contributed by atoms with E-state index in [9.17, 15) is 0 Å². The number of aromatic nitrogens is 1. The summed E-state index contributed by atoms with van der Waals surface area (Å²) in [6, 6.07) is 13.6. The second-order valence-corrected chi connectivity index (χ2v) is 5.54. The first-order valence-corrected chi connectivity index (χ1v) is 7.31. The molecule has 1 unspecified atom stereocenters. The fourth-order valence-electron chi connectivity index (χ4n) is 2.32. The van der Waals surface area contributed by atoms with Crippen molar-refractivity contribution in [3.8, 4) is 0 Å². The largest absolute Gasteiger partial charge is 0.317 e. The molecule has 20 heavy (non-hydrogen) atoms. The summed E-state index contributed by atoms with van der Waals surface area (Å²) in [4.78, 5) is 4.49. The number of rotatable bonds is 6. The van der Waals surface area contributed by atoms with E-state index in [4.69, 9.17) is 0 Å². The Balaban J connectivity index is 1.88. The van der Waals surface area contributed by atoms with E-state index >= 15 is 0 Å². The van der Waals surface area contributed by atoms with Gasteiger partial charge < -0.3 is 5.32 Å². The van der Waals surface area contributed by atoms with Gasteiger partial charge in [-0.15, -0.1) is 0 Å². The van der Waals surface area contributed by atoms with Crippen LogP contribution in [0.2, 0.25) is 0 Å². The van der Waals surface area contributed by atoms with Gasteiger partial charge in [0.25, 0.3) is 0 Å². The molecule has 2 rings (SSSR count). The van der Waals surface area contributed by atoms with E-state index in [1.807, 2.05) is 13.2 Å². The van der Waals surface area contributed by atoms with Crippen LogP contribution < -0.4 is 5.32 Å². The lowest BCUT2D eigenvalue weighted by molar-refractivity contribution is 0.515. The van der Waals surface area contributed by atoms with Gasteiger partial charge >= 0.3 is 0 Å². The molecule has 2 heteroatoms. The number of hydrogen-bond donors (Lipinski definition) is 1. The molecule has 0 aliphatic carbocycles. The first-order valence-electron chi connectivity index (χ1n) is 7.31. The van der Waals surface area contributed by atoms with Gasteiger partial charge in [0.15, 0.2) is 0 Å². The molecule has 0 aliphatic heterocycles. The molecule has 0 bridgehead atoms. The van der Waals surface area contributed by atoms with E-state index in [1.54, 1.807) is 0 Å². The summed E-state index contributed by atoms with van der Waals surface area (Å²) in [5.41, 5.74) is 5.11. The van der Waals surface area contributed by atoms with E-state index < -0.39 is 0 Å². The van der Waals surface area contributed by atoms with E-state index in [1.165, 1.54) is 22.4 Å². The van der Waals surface area contributed by atoms with Gasteiger partial charge in [-0.1, -0.05) is 35.9 Å². The van der Waals surface area contributed by atoms with Crippen molar-refractivity contribution in [1.29, 1.82) is 0 Å². The molecule has 0 amide bonds. The summed E-state index contributed by atoms with van der Waals surface area (Å²) in [7, 11) is 2.04. The Morgan fingerprint density at radius 2 is 1.70 bits per heavy atom. The maximum Gasteiger partial charge on any atom is 0.0419 e. The first kappa shape index (κ1) is 14.7. The standard InChI is InChI=1S/C18H24N2/c1-14-4-7-16(8-5-14)9-11-17(19-3)12-18-10-6-15(2)13-20-18/h4-8,10,13,17,19H,9,11-12H2,1-3H3. The van der Waals surface area contributed by atoms with Gasteiger partial charge in [0, 0.05) is 24.4 Å². The van der Waals surface area contributed by atoms with Crippen LogP contribution >= 0.6 is 0 Å². The molecule has 0 saturated carbocycles. The Bertz CT molecular complexity index is 514. The number of nitrogens with zero attached hydrogens (tertiary/aromatic N) is 1. The molecule has 0 saturated heterocycles. The quantitative estimate of drug-likeness (QED) is 0.868. The molecule has 1 aromatic heterocycles. The summed E-state index contributed by atoms with van der Waals surface area (Å²) in [6.45, 7) is 4.20. The van der Waals surface area contributed by atoms with Crippen molar-refractivity contribution in [3.05, 3.63) is 65.0 Å². The molecule has 2 nitrogen and oxygen atoms in total. The number of benzene rings is 1. The predicted octanol–water partition coefficient (Wildman–Crippen LogP) is 3.46. The maximum atomic E-state index is 4.49. The number of aryl methyl sites for hydroxylation is 3. The van der Waals surface area contributed by atoms with Crippen LogP contribution in [0.15, 0.2) is 42.6 Å². The molecule has 1 aromatic carbocycles. The molecule has 2 aromatic rings. The van der Waals surface area contributed by atoms with Gasteiger partial charge in [-0.25, -0.2) is 0 Å². The summed E-state index contributed by atoms with van der Waals surface area (Å²) in [6.07, 6.45) is 5.18. The summed E-state index contributed by atoms with van der Waals surface area (Å²) < 4.78 is 0. The Hall–Kier alpha value is -1.67. The smallest absolute Gasteiger partial charge is 0.0419 e. The average Bonchev–Trinajstić information content (AvgIpc) is 2.47. The zero-order valence-corrected chi connectivity index (χ0v) is 12.7. The highest BCUT2D eigenvalue weighted by atomic mass is 14.9. The van der Waals surface area contributed by atoms with Gasteiger partial charge in [0.05, 0.1) is 0 Å². The molecule has 1 N–H and O–H groups in total. The van der Waals surface area contributed by atoms with E-state index in [0.29, 0.717) is 6.04 Å². The SMILES string of the molecule is CNC(CCc1ccc(C)cc1)Cc1ccc(C)cn1. The third-order valence-electron chi connectivity index (χ3n) is 3.74. The van der Waals surface area contributed by atoms with Crippen LogP contribution in [0.4, 0.5) is 0 Å². The van der Waals surface area contributed by atoms with Gasteiger partial charge in [-0.05, 0) is 50.9 Å². The summed E-state index contributed by atoms with van der Waals surface area (Å²) in [5, 5.41) is 3.41. The zero-order valence-electron chi connectivity index (χ0n) is 12.7. The first-order chi connectivity index (χ1) is 9.67. The Labute approximate surface area is 122 Å². The van der Waals surface area contributed by atoms with Crippen molar-refractivity contribution in [2.75, 3.05) is 7.05 Å². The van der Waals surface area contributed by atoms with Crippen LogP contribution in [-0.2, 0) is 12.8 Å². The molecule has 0 spiro atoms. The lowest BCUT2D eigenvalue weighted by Gasteiger charge is -2.16. The molecule has 0 fully saturated rings. The lowest BCUT2D eigenvalue weighted by atomic mass is 10.0. The second-order valence-electron chi connectivity index (χ2n) is 5.54. The van der Waals surface area contributed by atoms with Crippen molar-refractivity contribution in [3.63, 3.8) is 0 Å². The number of likely N-dealkylation sites (N-methyl/N-ethyl adjacent to an activating group) is 1. The van der Waals surface area contributed by atoms with Crippen LogP contribution in [0.1, 0.15) is 28.8 Å². The maximum absolute atomic E-state index is 4.49. The molecule has 0 aliphatic rings. The van der Waals surface area contributed by atoms with E-state index in [-0.39, 0.29) is 0 Å². The van der Waals surface area contributed by atoms with Crippen LogP contribution in [0.3, 0.4) is 0 Å². The van der Waals surface area contributed by atoms with E-state index in [2.05, 4.69) is 60.5 Å². The minimum absolute atomic E-state index is 0.478. The van der Waals surface area contributed by atoms with Crippen molar-refractivity contribution in [2.24, 2.45) is 0 Å². The second kappa shape index (κ2) is 7.20. The monoisotopic (exact) mass is 268 g/mol. The van der Waals surface area contributed by atoms with Gasteiger partial charge in [-0.3, -0.25) is 4.98 Å². The third kappa shape index (κ3) is 4.46. The van der Waals surface area contributed by atoms with Crippen molar-refractivity contribution in [1.82, 2.24) is 10.3 Å². The summed E-state index contributed by atoms with van der Waals surface area (Å²) in [5.74, 6) is 0. The molecule has 1 atom stereocenters. The molecule has 0 radical (unpaired) electrons. The van der Waals surface area contributed by atoms with Crippen LogP contribution in [0.25, 0.3) is 0 Å². The average molecular weight is 268 g/mol. The minimum atomic E-state index is 0.478. The van der Waals surface area contributed by atoms with Gasteiger partial charge in [-0.2, -0.15) is 0 Å². The van der Waals surface area contributed by atoms with Gasteiger partial charge in [0.1, 0.15) is 0 Å². The van der Waals surface area contributed by atoms with Crippen LogP contribution in [0, 0.1) is 13.8 Å². The van der Waals surface area contributed by atoms with E-state index in [0.717, 1.165) is 19.3 Å². The summed E-state index contributed by atoms with van der Waals surface area (Å²) >= 11 is 0. The fourth-order valence-corrected chi connectivity index (χ4v) is 2.32. The number of nitrogens with one attached hydrogen (secondary N) is 1. The predicted molar refractivity (Wildman–Crippen MR) is 85.0 cm³/mol. The molecular formula is C18H24N2. The number of pyridine rings is 1. The highest BCUT2D eigenvalue weighted by Gasteiger charge is 2.08. The highest BCUT2D eigenvalue weighted by molar-refractivity contribution is 5.21. The van der Waals surface area contributed by atoms with Crippen LogP contribution in [-0.4, -0.2) is 18.1 Å². The Morgan fingerprint density at radius 1 is 1.00 bits per heavy atom. The van der Waals surface area contributed by atoms with Crippen LogP contribution in [0.5, 0.6) is 0 Å². The van der Waals surface area contributed by atoms with Crippen molar-refractivity contribution < 1.29 is 0 Å². The topological polar surface area (TPSA) is 24.9 Å². The zero-order chi connectivity index (χ0) is 14.4. The minimum Gasteiger partial charge on any atom is -0.317 e. The third-order valence-corrected chi connectivity index (χ3v) is 3.74.